The smallest absolute Gasteiger partial charge is 0.170 e. The summed E-state index contributed by atoms with van der Waals surface area (Å²) in [6.45, 7) is 1.45. The van der Waals surface area contributed by atoms with Crippen molar-refractivity contribution >= 4 is 40.1 Å². The Balaban J connectivity index is 1.43. The number of carbonyl (C=O) groups is 1. The fraction of sp³-hybridized carbons (Fsp3) is 0.227. The molecule has 2 aromatic heterocycles. The van der Waals surface area contributed by atoms with E-state index in [0.29, 0.717) is 29.3 Å². The molecule has 0 bridgehead atoms. The van der Waals surface area contributed by atoms with Gasteiger partial charge in [0.25, 0.3) is 0 Å². The lowest BCUT2D eigenvalue weighted by molar-refractivity contribution is 0.0998. The van der Waals surface area contributed by atoms with Crippen LogP contribution in [0.3, 0.4) is 0 Å². The SMILES string of the molecule is O=C1CC(COc2ccc(F)c(Cl)c2)=Nc2c1ccnc2CNCCc1cccs1. The highest BCUT2D eigenvalue weighted by atomic mass is 35.5. The largest absolute Gasteiger partial charge is 0.488 e. The monoisotopic (exact) mass is 443 g/mol. The van der Waals surface area contributed by atoms with Gasteiger partial charge in [-0.2, -0.15) is 0 Å². The van der Waals surface area contributed by atoms with Gasteiger partial charge in [-0.1, -0.05) is 17.7 Å². The number of carbonyl (C=O) groups excluding carboxylic acids is 1. The van der Waals surface area contributed by atoms with Gasteiger partial charge in [0.2, 0.25) is 0 Å². The molecule has 1 aliphatic rings. The van der Waals surface area contributed by atoms with Crippen LogP contribution in [0.5, 0.6) is 5.75 Å². The van der Waals surface area contributed by atoms with Gasteiger partial charge >= 0.3 is 0 Å². The van der Waals surface area contributed by atoms with Gasteiger partial charge in [0.15, 0.2) is 5.78 Å². The van der Waals surface area contributed by atoms with E-state index in [1.807, 2.05) is 6.07 Å². The molecule has 30 heavy (non-hydrogen) atoms. The van der Waals surface area contributed by atoms with Crippen LogP contribution in [0.4, 0.5) is 10.1 Å². The molecule has 0 amide bonds. The van der Waals surface area contributed by atoms with E-state index in [0.717, 1.165) is 18.7 Å². The average Bonchev–Trinajstić information content (AvgIpc) is 3.26. The third kappa shape index (κ3) is 4.92. The van der Waals surface area contributed by atoms with Crippen molar-refractivity contribution < 1.29 is 13.9 Å². The zero-order valence-electron chi connectivity index (χ0n) is 16.0. The van der Waals surface area contributed by atoms with Crippen LogP contribution in [0.2, 0.25) is 5.02 Å². The summed E-state index contributed by atoms with van der Waals surface area (Å²) in [6.07, 6.45) is 2.76. The Hall–Kier alpha value is -2.61. The predicted octanol–water partition coefficient (Wildman–Crippen LogP) is 5.01. The number of benzene rings is 1. The minimum absolute atomic E-state index is 0.0142. The molecule has 154 valence electrons. The van der Waals surface area contributed by atoms with E-state index >= 15 is 0 Å². The number of aliphatic imine (C=N–C) groups is 1. The van der Waals surface area contributed by atoms with Gasteiger partial charge < -0.3 is 10.1 Å². The summed E-state index contributed by atoms with van der Waals surface area (Å²) in [6, 6.07) is 9.99. The second kappa shape index (κ2) is 9.47. The van der Waals surface area contributed by atoms with E-state index in [1.165, 1.54) is 23.1 Å². The van der Waals surface area contributed by atoms with Crippen molar-refractivity contribution in [1.82, 2.24) is 10.3 Å². The molecular formula is C22H19ClFN3O2S. The normalized spacial score (nSPS) is 13.1. The summed E-state index contributed by atoms with van der Waals surface area (Å²) in [5.74, 6) is -0.104. The van der Waals surface area contributed by atoms with Crippen molar-refractivity contribution in [3.05, 3.63) is 74.9 Å². The number of hydrogen-bond donors (Lipinski definition) is 1. The highest BCUT2D eigenvalue weighted by molar-refractivity contribution is 7.09. The van der Waals surface area contributed by atoms with Crippen LogP contribution >= 0.6 is 22.9 Å². The molecule has 0 saturated heterocycles. The number of Topliss-reactive ketones (excluding diaryl/α,β-unsaturated/α-hetero) is 1. The van der Waals surface area contributed by atoms with Gasteiger partial charge in [-0.25, -0.2) is 4.39 Å². The van der Waals surface area contributed by atoms with E-state index in [-0.39, 0.29) is 23.8 Å². The van der Waals surface area contributed by atoms with Crippen LogP contribution in [0.25, 0.3) is 0 Å². The molecule has 0 fully saturated rings. The topological polar surface area (TPSA) is 63.6 Å². The summed E-state index contributed by atoms with van der Waals surface area (Å²) in [4.78, 5) is 23.0. The van der Waals surface area contributed by atoms with Gasteiger partial charge in [-0.05, 0) is 36.1 Å². The van der Waals surface area contributed by atoms with Crippen LogP contribution < -0.4 is 10.1 Å². The second-order valence-corrected chi connectivity index (χ2v) is 8.24. The minimum atomic E-state index is -0.509. The van der Waals surface area contributed by atoms with Gasteiger partial charge in [-0.15, -0.1) is 11.3 Å². The zero-order chi connectivity index (χ0) is 20.9. The lowest BCUT2D eigenvalue weighted by atomic mass is 10.00. The lowest BCUT2D eigenvalue weighted by Gasteiger charge is -2.17. The average molecular weight is 444 g/mol. The minimum Gasteiger partial charge on any atom is -0.488 e. The Morgan fingerprint density at radius 3 is 2.97 bits per heavy atom. The van der Waals surface area contributed by atoms with Crippen molar-refractivity contribution in [1.29, 1.82) is 0 Å². The Labute approximate surface area is 182 Å². The highest BCUT2D eigenvalue weighted by Crippen LogP contribution is 2.29. The molecule has 1 aromatic carbocycles. The summed E-state index contributed by atoms with van der Waals surface area (Å²) in [5, 5.41) is 5.42. The summed E-state index contributed by atoms with van der Waals surface area (Å²) < 4.78 is 18.9. The number of ether oxygens (including phenoxy) is 1. The van der Waals surface area contributed by atoms with Gasteiger partial charge in [0.05, 0.1) is 28.5 Å². The number of nitrogens with one attached hydrogen (secondary N) is 1. The molecule has 8 heteroatoms. The second-order valence-electron chi connectivity index (χ2n) is 6.80. The van der Waals surface area contributed by atoms with Crippen molar-refractivity contribution in [2.45, 2.75) is 19.4 Å². The number of aromatic nitrogens is 1. The molecule has 0 unspecified atom stereocenters. The van der Waals surface area contributed by atoms with Crippen LogP contribution in [-0.4, -0.2) is 29.6 Å². The van der Waals surface area contributed by atoms with Gasteiger partial charge in [-0.3, -0.25) is 14.8 Å². The molecule has 0 saturated carbocycles. The van der Waals surface area contributed by atoms with Gasteiger partial charge in [0.1, 0.15) is 18.2 Å². The summed E-state index contributed by atoms with van der Waals surface area (Å²) in [5.41, 5.74) is 2.50. The van der Waals surface area contributed by atoms with Crippen molar-refractivity contribution in [3.63, 3.8) is 0 Å². The fourth-order valence-electron chi connectivity index (χ4n) is 3.14. The summed E-state index contributed by atoms with van der Waals surface area (Å²) in [7, 11) is 0. The third-order valence-corrected chi connectivity index (χ3v) is 5.88. The molecule has 4 rings (SSSR count). The van der Waals surface area contributed by atoms with E-state index in [4.69, 9.17) is 16.3 Å². The molecule has 3 heterocycles. The Bertz CT molecular complexity index is 1090. The molecule has 0 atom stereocenters. The number of thiophene rings is 1. The molecule has 1 N–H and O–H groups in total. The first-order chi connectivity index (χ1) is 14.6. The molecule has 0 radical (unpaired) electrons. The Kier molecular flexibility index (Phi) is 6.52. The van der Waals surface area contributed by atoms with Crippen LogP contribution in [0.1, 0.15) is 27.3 Å². The van der Waals surface area contributed by atoms with Crippen molar-refractivity contribution in [2.24, 2.45) is 4.99 Å². The number of fused-ring (bicyclic) bond motifs is 1. The fourth-order valence-corrected chi connectivity index (χ4v) is 4.02. The molecule has 3 aromatic rings. The van der Waals surface area contributed by atoms with Crippen LogP contribution in [-0.2, 0) is 13.0 Å². The van der Waals surface area contributed by atoms with Crippen LogP contribution in [0.15, 0.2) is 53.0 Å². The number of ketones is 1. The van der Waals surface area contributed by atoms with Crippen LogP contribution in [0, 0.1) is 5.82 Å². The maximum Gasteiger partial charge on any atom is 0.170 e. The maximum absolute atomic E-state index is 13.3. The maximum atomic E-state index is 13.3. The molecule has 0 spiro atoms. The van der Waals surface area contributed by atoms with E-state index < -0.39 is 5.82 Å². The molecule has 1 aliphatic heterocycles. The van der Waals surface area contributed by atoms with Crippen molar-refractivity contribution in [2.75, 3.05) is 13.2 Å². The van der Waals surface area contributed by atoms with E-state index in [9.17, 15) is 9.18 Å². The quantitative estimate of drug-likeness (QED) is 0.497. The predicted molar refractivity (Wildman–Crippen MR) is 117 cm³/mol. The number of nitrogens with zero attached hydrogens (tertiary/aromatic N) is 2. The Morgan fingerprint density at radius 2 is 2.17 bits per heavy atom. The van der Waals surface area contributed by atoms with Crippen molar-refractivity contribution in [3.8, 4) is 5.75 Å². The first-order valence-electron chi connectivity index (χ1n) is 9.48. The van der Waals surface area contributed by atoms with E-state index in [1.54, 1.807) is 23.6 Å². The number of hydrogen-bond acceptors (Lipinski definition) is 6. The molecule has 5 nitrogen and oxygen atoms in total. The number of halogens is 2. The zero-order valence-corrected chi connectivity index (χ0v) is 17.6. The Morgan fingerprint density at radius 1 is 1.27 bits per heavy atom. The first-order valence-corrected chi connectivity index (χ1v) is 10.7. The number of rotatable bonds is 8. The number of pyridine rings is 1. The third-order valence-electron chi connectivity index (χ3n) is 4.65. The molecule has 0 aliphatic carbocycles. The highest BCUT2D eigenvalue weighted by Gasteiger charge is 2.23. The lowest BCUT2D eigenvalue weighted by Crippen LogP contribution is -2.22. The van der Waals surface area contributed by atoms with Gasteiger partial charge in [0, 0.05) is 35.8 Å². The molecular weight excluding hydrogens is 425 g/mol. The standard InChI is InChI=1S/C22H19ClFN3O2S/c23-18-11-15(3-4-19(18)24)29-13-14-10-21(28)17-6-8-26-20(22(17)27-14)12-25-7-5-16-2-1-9-30-16/h1-4,6,8-9,11,25H,5,7,10,12-13H2. The first kappa shape index (κ1) is 20.7. The van der Waals surface area contributed by atoms with E-state index in [2.05, 4.69) is 26.7 Å². The summed E-state index contributed by atoms with van der Waals surface area (Å²) >= 11 is 7.52.